The van der Waals surface area contributed by atoms with Gasteiger partial charge in [-0.1, -0.05) is 60.6 Å². The molecule has 40 heavy (non-hydrogen) atoms. The number of esters is 1. The Morgan fingerprint density at radius 2 is 1.62 bits per heavy atom. The van der Waals surface area contributed by atoms with E-state index in [9.17, 15) is 18.0 Å². The summed E-state index contributed by atoms with van der Waals surface area (Å²) in [6.45, 7) is 20.1. The Bertz CT molecular complexity index is 1290. The van der Waals surface area contributed by atoms with E-state index in [0.29, 0.717) is 6.42 Å². The SMILES string of the molecule is C=C1C[C@]2(C)C3=CC(=O)[C@@H]4[C@@H]5CC(C)(C)CC[C@]5(C(=O)OC)CC[C@@]4(C)[C@]3(C)CC[C@H]2C(C)(C)[C@H]1OS(C)(=O)=O. The Hall–Kier alpha value is -1.47. The first kappa shape index (κ1) is 30.0. The van der Waals surface area contributed by atoms with Gasteiger partial charge in [0.2, 0.25) is 0 Å². The zero-order chi connectivity index (χ0) is 29.9. The predicted octanol–water partition coefficient (Wildman–Crippen LogP) is 6.65. The third-order valence-electron chi connectivity index (χ3n) is 13.1. The molecule has 0 spiro atoms. The highest BCUT2D eigenvalue weighted by atomic mass is 32.2. The van der Waals surface area contributed by atoms with E-state index in [4.69, 9.17) is 8.92 Å². The number of carbonyl (C=O) groups excluding carboxylic acids is 2. The van der Waals surface area contributed by atoms with Crippen LogP contribution < -0.4 is 0 Å². The fourth-order valence-corrected chi connectivity index (χ4v) is 11.8. The molecule has 0 radical (unpaired) electrons. The first-order valence-electron chi connectivity index (χ1n) is 15.1. The summed E-state index contributed by atoms with van der Waals surface area (Å²) in [7, 11) is -2.17. The summed E-state index contributed by atoms with van der Waals surface area (Å²) < 4.78 is 35.5. The van der Waals surface area contributed by atoms with Crippen molar-refractivity contribution in [2.75, 3.05) is 13.4 Å². The smallest absolute Gasteiger partial charge is 0.312 e. The average Bonchev–Trinajstić information content (AvgIpc) is 2.81. The van der Waals surface area contributed by atoms with Gasteiger partial charge in [0.15, 0.2) is 5.78 Å². The fraction of sp³-hybridized carbons (Fsp3) is 0.818. The second-order valence-corrected chi connectivity index (χ2v) is 17.8. The molecule has 4 saturated carbocycles. The molecule has 6 nitrogen and oxygen atoms in total. The lowest BCUT2D eigenvalue weighted by Crippen LogP contribution is -2.66. The lowest BCUT2D eigenvalue weighted by Gasteiger charge is -2.70. The van der Waals surface area contributed by atoms with E-state index in [0.717, 1.165) is 56.8 Å². The molecule has 7 heteroatoms. The van der Waals surface area contributed by atoms with Gasteiger partial charge >= 0.3 is 5.97 Å². The molecular formula is C33H50O6S. The van der Waals surface area contributed by atoms with E-state index in [2.05, 4.69) is 55.0 Å². The van der Waals surface area contributed by atoms with Crippen LogP contribution in [-0.2, 0) is 28.6 Å². The summed E-state index contributed by atoms with van der Waals surface area (Å²) in [5.41, 5.74) is 0.131. The zero-order valence-corrected chi connectivity index (χ0v) is 26.9. The first-order valence-corrected chi connectivity index (χ1v) is 16.9. The monoisotopic (exact) mass is 574 g/mol. The number of ketones is 1. The first-order chi connectivity index (χ1) is 18.2. The Balaban J connectivity index is 1.63. The Kier molecular flexibility index (Phi) is 6.58. The van der Waals surface area contributed by atoms with Gasteiger partial charge in [-0.25, -0.2) is 0 Å². The normalized spacial score (nSPS) is 45.8. The van der Waals surface area contributed by atoms with Crippen LogP contribution in [0.2, 0.25) is 0 Å². The van der Waals surface area contributed by atoms with Crippen LogP contribution in [-0.4, -0.2) is 39.6 Å². The van der Waals surface area contributed by atoms with Crippen LogP contribution >= 0.6 is 0 Å². The van der Waals surface area contributed by atoms with Crippen LogP contribution in [0.4, 0.5) is 0 Å². The molecular weight excluding hydrogens is 524 g/mol. The molecule has 0 aliphatic heterocycles. The van der Waals surface area contributed by atoms with Gasteiger partial charge in [0.1, 0.15) is 6.10 Å². The summed E-state index contributed by atoms with van der Waals surface area (Å²) in [6.07, 6.45) is 9.08. The molecule has 0 bridgehead atoms. The van der Waals surface area contributed by atoms with Crippen molar-refractivity contribution in [3.8, 4) is 0 Å². The molecule has 5 rings (SSSR count). The molecule has 0 N–H and O–H groups in total. The second-order valence-electron chi connectivity index (χ2n) is 16.2. The highest BCUT2D eigenvalue weighted by molar-refractivity contribution is 7.86. The van der Waals surface area contributed by atoms with Crippen molar-refractivity contribution < 1.29 is 26.9 Å². The molecule has 0 amide bonds. The highest BCUT2D eigenvalue weighted by Crippen LogP contribution is 2.75. The number of methoxy groups -OCH3 is 1. The lowest BCUT2D eigenvalue weighted by atomic mass is 9.33. The zero-order valence-electron chi connectivity index (χ0n) is 26.1. The van der Waals surface area contributed by atoms with E-state index >= 15 is 0 Å². The van der Waals surface area contributed by atoms with Crippen LogP contribution in [0.25, 0.3) is 0 Å². The standard InChI is InChI=1S/C33H50O6S/c1-20-18-30(6)23(29(4,5)26(20)39-40(10,36)37)11-12-31(7)24(30)17-22(34)25-21-19-28(2,3)13-15-33(21,27(35)38-9)16-14-32(25,31)8/h17,21,23,25-26H,1,11-16,18-19H2,2-10H3/t21-,23-,25-,26-,30-,31+,32+,33-/m0/s1. The predicted molar refractivity (Wildman–Crippen MR) is 156 cm³/mol. The van der Waals surface area contributed by atoms with Gasteiger partial charge in [0.25, 0.3) is 10.1 Å². The number of carbonyl (C=O) groups is 2. The van der Waals surface area contributed by atoms with Gasteiger partial charge in [0.05, 0.1) is 18.8 Å². The lowest BCUT2D eigenvalue weighted by molar-refractivity contribution is -0.193. The third-order valence-corrected chi connectivity index (χ3v) is 13.6. The number of fused-ring (bicyclic) bond motifs is 7. The van der Waals surface area contributed by atoms with Gasteiger partial charge in [0, 0.05) is 5.92 Å². The quantitative estimate of drug-likeness (QED) is 0.213. The van der Waals surface area contributed by atoms with E-state index < -0.39 is 27.1 Å². The van der Waals surface area contributed by atoms with Gasteiger partial charge in [-0.3, -0.25) is 13.8 Å². The van der Waals surface area contributed by atoms with Gasteiger partial charge in [-0.2, -0.15) is 8.42 Å². The van der Waals surface area contributed by atoms with E-state index in [1.807, 2.05) is 6.08 Å². The number of rotatable bonds is 3. The van der Waals surface area contributed by atoms with Crippen molar-refractivity contribution in [1.82, 2.24) is 0 Å². The summed E-state index contributed by atoms with van der Waals surface area (Å²) in [4.78, 5) is 28.0. The maximum atomic E-state index is 14.5. The molecule has 5 aliphatic rings. The maximum absolute atomic E-state index is 14.5. The van der Waals surface area contributed by atoms with Crippen molar-refractivity contribution in [3.05, 3.63) is 23.8 Å². The Labute approximate surface area is 241 Å². The summed E-state index contributed by atoms with van der Waals surface area (Å²) in [5.74, 6) is -0.114. The van der Waals surface area contributed by atoms with Crippen molar-refractivity contribution in [3.63, 3.8) is 0 Å². The van der Waals surface area contributed by atoms with Crippen molar-refractivity contribution in [1.29, 1.82) is 0 Å². The number of hydrogen-bond acceptors (Lipinski definition) is 6. The van der Waals surface area contributed by atoms with Gasteiger partial charge in [-0.15, -0.1) is 0 Å². The van der Waals surface area contributed by atoms with Crippen LogP contribution in [0.15, 0.2) is 23.8 Å². The van der Waals surface area contributed by atoms with Crippen molar-refractivity contribution in [2.45, 2.75) is 106 Å². The number of allylic oxidation sites excluding steroid dienone is 2. The minimum Gasteiger partial charge on any atom is -0.469 e. The molecule has 8 atom stereocenters. The Morgan fingerprint density at radius 1 is 1.00 bits per heavy atom. The van der Waals surface area contributed by atoms with Crippen molar-refractivity contribution in [2.24, 2.45) is 50.2 Å². The number of ether oxygens (including phenoxy) is 1. The minimum atomic E-state index is -3.66. The average molecular weight is 575 g/mol. The molecule has 0 aromatic heterocycles. The van der Waals surface area contributed by atoms with Gasteiger partial charge < -0.3 is 4.74 Å². The van der Waals surface area contributed by atoms with Crippen molar-refractivity contribution >= 4 is 21.9 Å². The summed E-state index contributed by atoms with van der Waals surface area (Å²) >= 11 is 0. The molecule has 5 aliphatic carbocycles. The van der Waals surface area contributed by atoms with Crippen LogP contribution in [0.5, 0.6) is 0 Å². The molecule has 224 valence electrons. The Morgan fingerprint density at radius 3 is 2.23 bits per heavy atom. The molecule has 0 aromatic carbocycles. The topological polar surface area (TPSA) is 86.7 Å². The third kappa shape index (κ3) is 3.92. The molecule has 0 aromatic rings. The van der Waals surface area contributed by atoms with E-state index in [-0.39, 0.29) is 51.2 Å². The van der Waals surface area contributed by atoms with E-state index in [1.165, 1.54) is 12.7 Å². The highest BCUT2D eigenvalue weighted by Gasteiger charge is 2.71. The number of hydrogen-bond donors (Lipinski definition) is 0. The largest absolute Gasteiger partial charge is 0.469 e. The molecule has 0 heterocycles. The molecule has 0 saturated heterocycles. The maximum Gasteiger partial charge on any atom is 0.312 e. The summed E-state index contributed by atoms with van der Waals surface area (Å²) in [5, 5.41) is 0. The van der Waals surface area contributed by atoms with Crippen LogP contribution in [0.1, 0.15) is 99.8 Å². The van der Waals surface area contributed by atoms with Crippen LogP contribution in [0.3, 0.4) is 0 Å². The minimum absolute atomic E-state index is 0.0413. The second kappa shape index (κ2) is 8.78. The van der Waals surface area contributed by atoms with Gasteiger partial charge in [-0.05, 0) is 102 Å². The molecule has 4 fully saturated rings. The van der Waals surface area contributed by atoms with Crippen LogP contribution in [0, 0.1) is 50.2 Å². The van der Waals surface area contributed by atoms with E-state index in [1.54, 1.807) is 0 Å². The molecule has 0 unspecified atom stereocenters. The summed E-state index contributed by atoms with van der Waals surface area (Å²) in [6, 6.07) is 0. The fourth-order valence-electron chi connectivity index (χ4n) is 11.1.